The summed E-state index contributed by atoms with van der Waals surface area (Å²) in [4.78, 5) is 0. The molecule has 37 heavy (non-hydrogen) atoms. The first-order chi connectivity index (χ1) is 17.5. The third-order valence-electron chi connectivity index (χ3n) is 5.47. The first-order valence-electron chi connectivity index (χ1n) is 10.7. The van der Waals surface area contributed by atoms with Gasteiger partial charge in [0, 0.05) is 30.7 Å². The summed E-state index contributed by atoms with van der Waals surface area (Å²) in [6.45, 7) is 0.599. The van der Waals surface area contributed by atoms with E-state index in [1.54, 1.807) is 0 Å². The van der Waals surface area contributed by atoms with Crippen LogP contribution in [-0.4, -0.2) is 26.9 Å². The lowest BCUT2D eigenvalue weighted by Crippen LogP contribution is -2.30. The van der Waals surface area contributed by atoms with Crippen molar-refractivity contribution in [1.82, 2.24) is 0 Å². The maximum atomic E-state index is 14.7. The molecule has 0 aliphatic carbocycles. The van der Waals surface area contributed by atoms with Crippen molar-refractivity contribution in [2.24, 2.45) is 5.92 Å². The molecule has 0 bridgehead atoms. The molecule has 12 heteroatoms. The molecule has 0 spiro atoms. The zero-order chi connectivity index (χ0) is 26.9. The van der Waals surface area contributed by atoms with Gasteiger partial charge >= 0.3 is 6.11 Å². The Bertz CT molecular complexity index is 1250. The summed E-state index contributed by atoms with van der Waals surface area (Å²) in [5.41, 5.74) is -3.29. The van der Waals surface area contributed by atoms with E-state index in [9.17, 15) is 35.1 Å². The van der Waals surface area contributed by atoms with Crippen molar-refractivity contribution in [1.29, 1.82) is 0 Å². The van der Waals surface area contributed by atoms with Crippen LogP contribution in [0.3, 0.4) is 0 Å². The summed E-state index contributed by atoms with van der Waals surface area (Å²) >= 11 is 0. The van der Waals surface area contributed by atoms with Gasteiger partial charge in [0.2, 0.25) is 0 Å². The molecule has 0 N–H and O–H groups in total. The Balaban J connectivity index is 1.57. The first kappa shape index (κ1) is 26.8. The SMILES string of the molecule is COCC1COC(c2cc(F)c(C(F)(F)Oc3cc(F)c(-c4ccc(F)c(F)c4)c(F)c3)c(F)c2)OC1. The Morgan fingerprint density at radius 1 is 0.784 bits per heavy atom. The van der Waals surface area contributed by atoms with E-state index in [0.29, 0.717) is 43.0 Å². The largest absolute Gasteiger partial charge is 0.432 e. The van der Waals surface area contributed by atoms with Crippen LogP contribution in [0.1, 0.15) is 17.4 Å². The van der Waals surface area contributed by atoms with Crippen molar-refractivity contribution in [3.05, 3.63) is 88.5 Å². The summed E-state index contributed by atoms with van der Waals surface area (Å²) in [6.07, 6.45) is -5.92. The number of ether oxygens (including phenoxy) is 4. The van der Waals surface area contributed by atoms with Crippen LogP contribution in [0.15, 0.2) is 42.5 Å². The highest BCUT2D eigenvalue weighted by atomic mass is 19.3. The molecule has 3 aromatic carbocycles. The maximum absolute atomic E-state index is 14.7. The lowest BCUT2D eigenvalue weighted by molar-refractivity contribution is -0.211. The topological polar surface area (TPSA) is 36.9 Å². The van der Waals surface area contributed by atoms with Gasteiger partial charge in [0.25, 0.3) is 0 Å². The zero-order valence-electron chi connectivity index (χ0n) is 19.0. The molecule has 0 saturated carbocycles. The van der Waals surface area contributed by atoms with Gasteiger partial charge in [0.15, 0.2) is 17.9 Å². The number of rotatable bonds is 7. The van der Waals surface area contributed by atoms with E-state index in [0.717, 1.165) is 6.07 Å². The fraction of sp³-hybridized carbons (Fsp3) is 0.280. The predicted octanol–water partition coefficient (Wildman–Crippen LogP) is 6.62. The molecule has 4 rings (SSSR count). The highest BCUT2D eigenvalue weighted by Gasteiger charge is 2.42. The molecule has 0 unspecified atom stereocenters. The standard InChI is InChI=1S/C25H18F8O4/c1-34-9-12-10-35-24(36-11-12)14-5-20(30)23(21(31)6-14)25(32,33)37-15-7-18(28)22(19(29)8-15)13-2-3-16(26)17(27)4-13/h2-8,12,24H,9-11H2,1H3. The smallest absolute Gasteiger partial charge is 0.429 e. The van der Waals surface area contributed by atoms with Crippen LogP contribution < -0.4 is 4.74 Å². The third-order valence-corrected chi connectivity index (χ3v) is 5.47. The molecule has 198 valence electrons. The molecule has 4 nitrogen and oxygen atoms in total. The number of halogens is 8. The summed E-state index contributed by atoms with van der Waals surface area (Å²) < 4.78 is 134. The second kappa shape index (κ2) is 10.6. The predicted molar refractivity (Wildman–Crippen MR) is 113 cm³/mol. The highest BCUT2D eigenvalue weighted by Crippen LogP contribution is 2.39. The zero-order valence-corrected chi connectivity index (χ0v) is 19.0. The Kier molecular flexibility index (Phi) is 7.72. The molecule has 1 aliphatic heterocycles. The Morgan fingerprint density at radius 3 is 1.92 bits per heavy atom. The van der Waals surface area contributed by atoms with Crippen LogP contribution in [0, 0.1) is 40.8 Å². The van der Waals surface area contributed by atoms with Crippen molar-refractivity contribution < 1.29 is 54.1 Å². The van der Waals surface area contributed by atoms with E-state index in [4.69, 9.17) is 14.2 Å². The Labute approximate surface area is 205 Å². The molecule has 0 atom stereocenters. The monoisotopic (exact) mass is 534 g/mol. The third kappa shape index (κ3) is 5.71. The van der Waals surface area contributed by atoms with E-state index in [-0.39, 0.29) is 24.7 Å². The average Bonchev–Trinajstić information content (AvgIpc) is 2.80. The van der Waals surface area contributed by atoms with Gasteiger partial charge in [-0.15, -0.1) is 0 Å². The van der Waals surface area contributed by atoms with Crippen LogP contribution in [0.4, 0.5) is 35.1 Å². The minimum absolute atomic E-state index is 0.123. The summed E-state index contributed by atoms with van der Waals surface area (Å²) in [6, 6.07) is 3.79. The molecular formula is C25H18F8O4. The van der Waals surface area contributed by atoms with E-state index in [2.05, 4.69) is 4.74 Å². The van der Waals surface area contributed by atoms with Gasteiger partial charge in [0.05, 0.1) is 25.4 Å². The Morgan fingerprint density at radius 2 is 1.38 bits per heavy atom. The van der Waals surface area contributed by atoms with Crippen molar-refractivity contribution in [3.8, 4) is 16.9 Å². The number of hydrogen-bond acceptors (Lipinski definition) is 4. The van der Waals surface area contributed by atoms with E-state index in [1.807, 2.05) is 0 Å². The van der Waals surface area contributed by atoms with Gasteiger partial charge in [-0.2, -0.15) is 8.78 Å². The van der Waals surface area contributed by atoms with E-state index in [1.165, 1.54) is 7.11 Å². The molecule has 1 fully saturated rings. The van der Waals surface area contributed by atoms with Crippen LogP contribution in [-0.2, 0) is 20.3 Å². The molecule has 3 aromatic rings. The molecule has 1 saturated heterocycles. The number of methoxy groups -OCH3 is 1. The molecule has 1 heterocycles. The first-order valence-corrected chi connectivity index (χ1v) is 10.7. The summed E-state index contributed by atoms with van der Waals surface area (Å²) in [5.74, 6) is -10.3. The van der Waals surface area contributed by atoms with Crippen molar-refractivity contribution in [3.63, 3.8) is 0 Å². The molecule has 0 aromatic heterocycles. The van der Waals surface area contributed by atoms with E-state index >= 15 is 0 Å². The highest BCUT2D eigenvalue weighted by molar-refractivity contribution is 5.66. The maximum Gasteiger partial charge on any atom is 0.432 e. The minimum Gasteiger partial charge on any atom is -0.429 e. The van der Waals surface area contributed by atoms with Gasteiger partial charge in [-0.25, -0.2) is 26.3 Å². The van der Waals surface area contributed by atoms with Gasteiger partial charge in [0.1, 0.15) is 34.6 Å². The van der Waals surface area contributed by atoms with Crippen LogP contribution in [0.2, 0.25) is 0 Å². The van der Waals surface area contributed by atoms with Gasteiger partial charge in [-0.1, -0.05) is 6.07 Å². The lowest BCUT2D eigenvalue weighted by Gasteiger charge is -2.29. The Hall–Kier alpha value is -3.22. The average molecular weight is 534 g/mol. The van der Waals surface area contributed by atoms with Crippen LogP contribution in [0.5, 0.6) is 5.75 Å². The van der Waals surface area contributed by atoms with Crippen LogP contribution >= 0.6 is 0 Å². The second-order valence-electron chi connectivity index (χ2n) is 8.19. The number of alkyl halides is 2. The second-order valence-corrected chi connectivity index (χ2v) is 8.19. The van der Waals surface area contributed by atoms with Crippen molar-refractivity contribution in [2.75, 3.05) is 26.9 Å². The van der Waals surface area contributed by atoms with Crippen molar-refractivity contribution >= 4 is 0 Å². The van der Waals surface area contributed by atoms with E-state index < -0.39 is 69.7 Å². The van der Waals surface area contributed by atoms with Crippen LogP contribution in [0.25, 0.3) is 11.1 Å². The summed E-state index contributed by atoms with van der Waals surface area (Å²) in [5, 5.41) is 0. The molecule has 0 radical (unpaired) electrons. The number of benzene rings is 3. The normalized spacial score (nSPS) is 18.2. The van der Waals surface area contributed by atoms with Gasteiger partial charge in [-0.3, -0.25) is 0 Å². The fourth-order valence-corrected chi connectivity index (χ4v) is 3.81. The molecule has 0 amide bonds. The molecular weight excluding hydrogens is 516 g/mol. The lowest BCUT2D eigenvalue weighted by atomic mass is 10.0. The quantitative estimate of drug-likeness (QED) is 0.319. The molecule has 1 aliphatic rings. The summed E-state index contributed by atoms with van der Waals surface area (Å²) in [7, 11) is 1.47. The van der Waals surface area contributed by atoms with Gasteiger partial charge < -0.3 is 18.9 Å². The number of hydrogen-bond donors (Lipinski definition) is 0. The fourth-order valence-electron chi connectivity index (χ4n) is 3.81. The van der Waals surface area contributed by atoms with Crippen molar-refractivity contribution in [2.45, 2.75) is 12.4 Å². The minimum atomic E-state index is -4.70. The van der Waals surface area contributed by atoms with Gasteiger partial charge in [-0.05, 0) is 29.8 Å².